The minimum Gasteiger partial charge on any atom is -0.395 e. The fourth-order valence-corrected chi connectivity index (χ4v) is 2.78. The Kier molecular flexibility index (Phi) is 5.97. The monoisotopic (exact) mass is 307 g/mol. The quantitative estimate of drug-likeness (QED) is 0.820. The molecule has 16 heavy (non-hydrogen) atoms. The van der Waals surface area contributed by atoms with Crippen LogP contribution in [0, 0.1) is 0 Å². The van der Waals surface area contributed by atoms with E-state index in [0.29, 0.717) is 6.42 Å². The highest BCUT2D eigenvalue weighted by Crippen LogP contribution is 2.22. The highest BCUT2D eigenvalue weighted by molar-refractivity contribution is 9.11. The SMILES string of the molecule is O=C(Cc1ccc(Br)s1)N(CCO)CCO. The summed E-state index contributed by atoms with van der Waals surface area (Å²) >= 11 is 4.85. The fourth-order valence-electron chi connectivity index (χ4n) is 1.31. The van der Waals surface area contributed by atoms with Crippen LogP contribution in [0.5, 0.6) is 0 Å². The lowest BCUT2D eigenvalue weighted by molar-refractivity contribution is -0.131. The van der Waals surface area contributed by atoms with Crippen LogP contribution in [0.2, 0.25) is 0 Å². The molecule has 1 aromatic heterocycles. The maximum Gasteiger partial charge on any atom is 0.227 e. The summed E-state index contributed by atoms with van der Waals surface area (Å²) in [6, 6.07) is 3.79. The molecular weight excluding hydrogens is 294 g/mol. The van der Waals surface area contributed by atoms with Gasteiger partial charge in [-0.3, -0.25) is 4.79 Å². The predicted molar refractivity (Wildman–Crippen MR) is 66.5 cm³/mol. The lowest BCUT2D eigenvalue weighted by Crippen LogP contribution is -2.36. The zero-order chi connectivity index (χ0) is 12.0. The number of amides is 1. The fraction of sp³-hybridized carbons (Fsp3) is 0.500. The summed E-state index contributed by atoms with van der Waals surface area (Å²) in [5.74, 6) is -0.0718. The van der Waals surface area contributed by atoms with Crippen LogP contribution < -0.4 is 0 Å². The summed E-state index contributed by atoms with van der Waals surface area (Å²) < 4.78 is 0.992. The first-order valence-corrected chi connectivity index (χ1v) is 6.52. The Labute approximate surface area is 107 Å². The van der Waals surface area contributed by atoms with Crippen LogP contribution in [-0.2, 0) is 11.2 Å². The molecule has 1 rings (SSSR count). The number of nitrogens with zero attached hydrogens (tertiary/aromatic N) is 1. The van der Waals surface area contributed by atoms with E-state index >= 15 is 0 Å². The molecule has 0 unspecified atom stereocenters. The molecule has 0 radical (unpaired) electrons. The molecule has 0 aliphatic rings. The maximum atomic E-state index is 11.8. The molecule has 90 valence electrons. The third-order valence-corrected chi connectivity index (χ3v) is 3.67. The van der Waals surface area contributed by atoms with Gasteiger partial charge < -0.3 is 15.1 Å². The highest BCUT2D eigenvalue weighted by Gasteiger charge is 2.13. The highest BCUT2D eigenvalue weighted by atomic mass is 79.9. The summed E-state index contributed by atoms with van der Waals surface area (Å²) in [6.45, 7) is 0.373. The maximum absolute atomic E-state index is 11.8. The van der Waals surface area contributed by atoms with E-state index in [1.54, 1.807) is 0 Å². The molecule has 0 aliphatic carbocycles. The average molecular weight is 308 g/mol. The Morgan fingerprint density at radius 3 is 2.38 bits per heavy atom. The van der Waals surface area contributed by atoms with Crippen molar-refractivity contribution in [3.8, 4) is 0 Å². The van der Waals surface area contributed by atoms with Crippen LogP contribution in [0.1, 0.15) is 4.88 Å². The Hall–Kier alpha value is -0.430. The van der Waals surface area contributed by atoms with Gasteiger partial charge >= 0.3 is 0 Å². The van der Waals surface area contributed by atoms with Crippen molar-refractivity contribution in [2.24, 2.45) is 0 Å². The first kappa shape index (κ1) is 13.6. The Bertz CT molecular complexity index is 337. The van der Waals surface area contributed by atoms with Crippen LogP contribution in [0.4, 0.5) is 0 Å². The summed E-state index contributed by atoms with van der Waals surface area (Å²) in [7, 11) is 0. The molecule has 1 amide bonds. The second-order valence-electron chi connectivity index (χ2n) is 3.21. The van der Waals surface area contributed by atoms with E-state index in [1.807, 2.05) is 12.1 Å². The van der Waals surface area contributed by atoms with Gasteiger partial charge in [0.05, 0.1) is 23.4 Å². The molecule has 2 N–H and O–H groups in total. The number of carbonyl (C=O) groups is 1. The third-order valence-electron chi connectivity index (χ3n) is 2.05. The zero-order valence-corrected chi connectivity index (χ0v) is 11.1. The van der Waals surface area contributed by atoms with Gasteiger partial charge in [-0.25, -0.2) is 0 Å². The molecule has 0 aliphatic heterocycles. The van der Waals surface area contributed by atoms with E-state index in [0.717, 1.165) is 8.66 Å². The Morgan fingerprint density at radius 2 is 1.94 bits per heavy atom. The van der Waals surface area contributed by atoms with Crippen molar-refractivity contribution >= 4 is 33.2 Å². The largest absolute Gasteiger partial charge is 0.395 e. The molecule has 6 heteroatoms. The van der Waals surface area contributed by atoms with Gasteiger partial charge in [-0.1, -0.05) is 0 Å². The molecule has 1 heterocycles. The molecule has 0 saturated heterocycles. The van der Waals surface area contributed by atoms with Crippen molar-refractivity contribution in [3.63, 3.8) is 0 Å². The standard InChI is InChI=1S/C10H14BrNO3S/c11-9-2-1-8(16-9)7-10(15)12(3-5-13)4-6-14/h1-2,13-14H,3-7H2. The summed E-state index contributed by atoms with van der Waals surface area (Å²) in [4.78, 5) is 14.2. The molecule has 0 aromatic carbocycles. The number of carbonyl (C=O) groups excluding carboxylic acids is 1. The van der Waals surface area contributed by atoms with E-state index in [1.165, 1.54) is 16.2 Å². The van der Waals surface area contributed by atoms with Gasteiger partial charge in [-0.2, -0.15) is 0 Å². The van der Waals surface area contributed by atoms with Gasteiger partial charge in [0.1, 0.15) is 0 Å². The normalized spacial score (nSPS) is 10.4. The topological polar surface area (TPSA) is 60.8 Å². The van der Waals surface area contributed by atoms with E-state index in [-0.39, 0.29) is 32.2 Å². The molecule has 1 aromatic rings. The summed E-state index contributed by atoms with van der Waals surface area (Å²) in [5.41, 5.74) is 0. The van der Waals surface area contributed by atoms with Crippen molar-refractivity contribution in [2.45, 2.75) is 6.42 Å². The molecule has 0 atom stereocenters. The van der Waals surface area contributed by atoms with Gasteiger partial charge in [0.15, 0.2) is 0 Å². The van der Waals surface area contributed by atoms with Crippen molar-refractivity contribution in [2.75, 3.05) is 26.3 Å². The molecule has 0 spiro atoms. The Morgan fingerprint density at radius 1 is 1.31 bits per heavy atom. The minimum atomic E-state index is -0.0835. The second-order valence-corrected chi connectivity index (χ2v) is 5.76. The molecule has 0 fully saturated rings. The van der Waals surface area contributed by atoms with Crippen LogP contribution in [0.15, 0.2) is 15.9 Å². The van der Waals surface area contributed by atoms with Gasteiger partial charge in [0.25, 0.3) is 0 Å². The number of hydrogen-bond acceptors (Lipinski definition) is 4. The molecule has 0 saturated carbocycles. The van der Waals surface area contributed by atoms with E-state index < -0.39 is 0 Å². The van der Waals surface area contributed by atoms with Crippen LogP contribution >= 0.6 is 27.3 Å². The predicted octanol–water partition coefficient (Wildman–Crippen LogP) is 0.866. The lowest BCUT2D eigenvalue weighted by atomic mass is 10.3. The van der Waals surface area contributed by atoms with Crippen molar-refractivity contribution in [1.29, 1.82) is 0 Å². The van der Waals surface area contributed by atoms with Gasteiger partial charge in [0, 0.05) is 18.0 Å². The number of aliphatic hydroxyl groups excluding tert-OH is 2. The number of rotatable bonds is 6. The van der Waals surface area contributed by atoms with Gasteiger partial charge in [0.2, 0.25) is 5.91 Å². The molecular formula is C10H14BrNO3S. The zero-order valence-electron chi connectivity index (χ0n) is 8.73. The smallest absolute Gasteiger partial charge is 0.227 e. The number of aliphatic hydroxyl groups is 2. The second kappa shape index (κ2) is 7.01. The van der Waals surface area contributed by atoms with Crippen LogP contribution in [-0.4, -0.2) is 47.3 Å². The molecule has 4 nitrogen and oxygen atoms in total. The first-order valence-electron chi connectivity index (χ1n) is 4.91. The van der Waals surface area contributed by atoms with E-state index in [2.05, 4.69) is 15.9 Å². The van der Waals surface area contributed by atoms with Crippen molar-refractivity contribution in [3.05, 3.63) is 20.8 Å². The van der Waals surface area contributed by atoms with Crippen molar-refractivity contribution < 1.29 is 15.0 Å². The minimum absolute atomic E-state index is 0.0718. The van der Waals surface area contributed by atoms with Gasteiger partial charge in [-0.15, -0.1) is 11.3 Å². The number of thiophene rings is 1. The average Bonchev–Trinajstić information content (AvgIpc) is 2.63. The molecule has 0 bridgehead atoms. The first-order chi connectivity index (χ1) is 7.67. The van der Waals surface area contributed by atoms with Crippen LogP contribution in [0.25, 0.3) is 0 Å². The van der Waals surface area contributed by atoms with E-state index in [9.17, 15) is 4.79 Å². The third kappa shape index (κ3) is 4.21. The van der Waals surface area contributed by atoms with Crippen LogP contribution in [0.3, 0.4) is 0 Å². The number of halogens is 1. The van der Waals surface area contributed by atoms with Crippen molar-refractivity contribution in [1.82, 2.24) is 4.90 Å². The lowest BCUT2D eigenvalue weighted by Gasteiger charge is -2.20. The van der Waals surface area contributed by atoms with Gasteiger partial charge in [-0.05, 0) is 28.1 Å². The summed E-state index contributed by atoms with van der Waals surface area (Å²) in [5, 5.41) is 17.6. The summed E-state index contributed by atoms with van der Waals surface area (Å²) in [6.07, 6.45) is 0.316. The Balaban J connectivity index is 2.54. The van der Waals surface area contributed by atoms with E-state index in [4.69, 9.17) is 10.2 Å². The number of hydrogen-bond donors (Lipinski definition) is 2.